The second-order valence-corrected chi connectivity index (χ2v) is 11.1. The standard InChI is InChI=1S/C25H33N3O4S/c1-19-8-11-25(22-6-4-3-5-7-22)33(31,32)28(19)17-21-9-10-24(23(16-21)18-29)27-14-12-26(13-15-27)20(2)30/h3-7,9-10,16,19,25,29H,8,11-15,17-18H2,1-2H3/t19-,25+/m0/s1. The van der Waals surface area contributed by atoms with Crippen molar-refractivity contribution >= 4 is 21.6 Å². The van der Waals surface area contributed by atoms with Crippen LogP contribution < -0.4 is 4.90 Å². The Balaban J connectivity index is 1.54. The molecule has 2 aliphatic heterocycles. The average Bonchev–Trinajstić information content (AvgIpc) is 2.82. The normalized spacial score (nSPS) is 23.5. The minimum Gasteiger partial charge on any atom is -0.392 e. The second-order valence-electron chi connectivity index (χ2n) is 9.03. The molecule has 0 saturated carbocycles. The van der Waals surface area contributed by atoms with Gasteiger partial charge in [-0.3, -0.25) is 4.79 Å². The van der Waals surface area contributed by atoms with Gasteiger partial charge in [0.05, 0.1) is 6.61 Å². The van der Waals surface area contributed by atoms with E-state index in [1.54, 1.807) is 11.2 Å². The van der Waals surface area contributed by atoms with Gasteiger partial charge >= 0.3 is 0 Å². The van der Waals surface area contributed by atoms with Gasteiger partial charge in [-0.05, 0) is 37.0 Å². The van der Waals surface area contributed by atoms with Crippen LogP contribution in [-0.4, -0.2) is 60.9 Å². The van der Waals surface area contributed by atoms with Crippen molar-refractivity contribution in [2.24, 2.45) is 0 Å². The van der Waals surface area contributed by atoms with E-state index < -0.39 is 15.3 Å². The number of amides is 1. The molecule has 7 nitrogen and oxygen atoms in total. The van der Waals surface area contributed by atoms with Crippen molar-refractivity contribution in [3.05, 3.63) is 65.2 Å². The summed E-state index contributed by atoms with van der Waals surface area (Å²) in [6.45, 7) is 6.46. The highest BCUT2D eigenvalue weighted by atomic mass is 32.2. The van der Waals surface area contributed by atoms with Crippen LogP contribution in [0.3, 0.4) is 0 Å². The zero-order valence-electron chi connectivity index (χ0n) is 19.4. The molecular weight excluding hydrogens is 438 g/mol. The minimum atomic E-state index is -3.51. The smallest absolute Gasteiger partial charge is 0.221 e. The molecule has 2 saturated heterocycles. The molecule has 8 heteroatoms. The molecule has 178 valence electrons. The van der Waals surface area contributed by atoms with Crippen molar-refractivity contribution in [1.82, 2.24) is 9.21 Å². The molecule has 2 heterocycles. The van der Waals surface area contributed by atoms with E-state index in [2.05, 4.69) is 4.90 Å². The molecule has 1 N–H and O–H groups in total. The molecule has 2 aromatic rings. The number of aliphatic hydroxyl groups is 1. The van der Waals surface area contributed by atoms with Crippen molar-refractivity contribution in [1.29, 1.82) is 0 Å². The largest absolute Gasteiger partial charge is 0.392 e. The maximum atomic E-state index is 13.5. The van der Waals surface area contributed by atoms with Crippen LogP contribution in [0.5, 0.6) is 0 Å². The van der Waals surface area contributed by atoms with Crippen molar-refractivity contribution in [2.45, 2.75) is 51.1 Å². The summed E-state index contributed by atoms with van der Waals surface area (Å²) in [4.78, 5) is 15.6. The molecule has 1 amide bonds. The van der Waals surface area contributed by atoms with E-state index in [0.29, 0.717) is 32.6 Å². The van der Waals surface area contributed by atoms with Gasteiger partial charge in [0.1, 0.15) is 5.25 Å². The maximum absolute atomic E-state index is 13.5. The lowest BCUT2D eigenvalue weighted by Crippen LogP contribution is -2.48. The van der Waals surface area contributed by atoms with Gasteiger partial charge in [0.15, 0.2) is 0 Å². The molecule has 4 rings (SSSR count). The first-order valence-electron chi connectivity index (χ1n) is 11.6. The lowest BCUT2D eigenvalue weighted by atomic mass is 10.0. The number of carbonyl (C=O) groups is 1. The fraction of sp³-hybridized carbons (Fsp3) is 0.480. The zero-order valence-corrected chi connectivity index (χ0v) is 20.2. The van der Waals surface area contributed by atoms with Crippen LogP contribution in [0.1, 0.15) is 48.6 Å². The lowest BCUT2D eigenvalue weighted by Gasteiger charge is -2.38. The van der Waals surface area contributed by atoms with Crippen molar-refractivity contribution in [3.63, 3.8) is 0 Å². The Morgan fingerprint density at radius 2 is 1.73 bits per heavy atom. The van der Waals surface area contributed by atoms with E-state index in [1.165, 1.54) is 0 Å². The number of benzene rings is 2. The number of nitrogens with zero attached hydrogens (tertiary/aromatic N) is 3. The molecule has 0 spiro atoms. The Bertz CT molecular complexity index is 1080. The summed E-state index contributed by atoms with van der Waals surface area (Å²) < 4.78 is 28.7. The molecule has 0 aromatic heterocycles. The summed E-state index contributed by atoms with van der Waals surface area (Å²) in [6, 6.07) is 15.2. The third-order valence-corrected chi connectivity index (χ3v) is 9.28. The topological polar surface area (TPSA) is 81.2 Å². The van der Waals surface area contributed by atoms with Crippen LogP contribution >= 0.6 is 0 Å². The van der Waals surface area contributed by atoms with E-state index in [4.69, 9.17) is 0 Å². The third kappa shape index (κ3) is 4.93. The quantitative estimate of drug-likeness (QED) is 0.725. The van der Waals surface area contributed by atoms with Crippen LogP contribution in [0.2, 0.25) is 0 Å². The second kappa shape index (κ2) is 9.83. The number of carbonyl (C=O) groups excluding carboxylic acids is 1. The number of piperazine rings is 1. The fourth-order valence-corrected chi connectivity index (χ4v) is 7.16. The summed E-state index contributed by atoms with van der Waals surface area (Å²) >= 11 is 0. The van der Waals surface area contributed by atoms with Crippen LogP contribution in [-0.2, 0) is 28.0 Å². The summed E-state index contributed by atoms with van der Waals surface area (Å²) in [5.41, 5.74) is 3.44. The predicted octanol–water partition coefficient (Wildman–Crippen LogP) is 2.90. The van der Waals surface area contributed by atoms with Crippen LogP contribution in [0.15, 0.2) is 48.5 Å². The first-order valence-corrected chi connectivity index (χ1v) is 13.1. The molecule has 2 aromatic carbocycles. The summed E-state index contributed by atoms with van der Waals surface area (Å²) in [5, 5.41) is 9.52. The molecule has 33 heavy (non-hydrogen) atoms. The van der Waals surface area contributed by atoms with E-state index in [9.17, 15) is 18.3 Å². The van der Waals surface area contributed by atoms with Gasteiger partial charge in [0, 0.05) is 56.9 Å². The number of aliphatic hydroxyl groups excluding tert-OH is 1. The monoisotopic (exact) mass is 471 g/mol. The molecule has 2 fully saturated rings. The van der Waals surface area contributed by atoms with Gasteiger partial charge < -0.3 is 14.9 Å². The summed E-state index contributed by atoms with van der Waals surface area (Å²) in [5.74, 6) is 0.0815. The third-order valence-electron chi connectivity index (χ3n) is 6.91. The number of hydrogen-bond acceptors (Lipinski definition) is 5. The van der Waals surface area contributed by atoms with Gasteiger partial charge in [0.2, 0.25) is 15.9 Å². The molecule has 0 radical (unpaired) electrons. The fourth-order valence-electron chi connectivity index (χ4n) is 4.97. The summed E-state index contributed by atoms with van der Waals surface area (Å²) in [6.07, 6.45) is 1.43. The van der Waals surface area contributed by atoms with Crippen LogP contribution in [0, 0.1) is 0 Å². The number of hydrogen-bond donors (Lipinski definition) is 1. The van der Waals surface area contributed by atoms with Crippen molar-refractivity contribution in [2.75, 3.05) is 31.1 Å². The maximum Gasteiger partial charge on any atom is 0.221 e. The zero-order chi connectivity index (χ0) is 23.6. The Hall–Kier alpha value is -2.42. The number of sulfonamides is 1. The van der Waals surface area contributed by atoms with Crippen LogP contribution in [0.25, 0.3) is 0 Å². The summed E-state index contributed by atoms with van der Waals surface area (Å²) in [7, 11) is -3.51. The first-order chi connectivity index (χ1) is 15.8. The first kappa shape index (κ1) is 23.7. The molecule has 0 bridgehead atoms. The Kier molecular flexibility index (Phi) is 7.07. The average molecular weight is 472 g/mol. The Labute approximate surface area is 196 Å². The van der Waals surface area contributed by atoms with Gasteiger partial charge in [-0.2, -0.15) is 4.31 Å². The van der Waals surface area contributed by atoms with Gasteiger partial charge in [0.25, 0.3) is 0 Å². The van der Waals surface area contributed by atoms with Gasteiger partial charge in [-0.15, -0.1) is 0 Å². The SMILES string of the molecule is CC(=O)N1CCN(c2ccc(CN3[C@@H](C)CC[C@H](c4ccccc4)S3(=O)=O)cc2CO)CC1. The molecule has 0 aliphatic carbocycles. The van der Waals surface area contributed by atoms with E-state index in [0.717, 1.165) is 28.8 Å². The molecule has 2 aliphatic rings. The molecule has 2 atom stereocenters. The Morgan fingerprint density at radius 3 is 2.36 bits per heavy atom. The predicted molar refractivity (Wildman–Crippen MR) is 129 cm³/mol. The highest BCUT2D eigenvalue weighted by Gasteiger charge is 2.40. The van der Waals surface area contributed by atoms with Crippen molar-refractivity contribution < 1.29 is 18.3 Å². The van der Waals surface area contributed by atoms with E-state index in [-0.39, 0.29) is 25.1 Å². The minimum absolute atomic E-state index is 0.0770. The number of anilines is 1. The lowest BCUT2D eigenvalue weighted by molar-refractivity contribution is -0.129. The highest BCUT2D eigenvalue weighted by Crippen LogP contribution is 2.38. The van der Waals surface area contributed by atoms with Crippen LogP contribution in [0.4, 0.5) is 5.69 Å². The van der Waals surface area contributed by atoms with Gasteiger partial charge in [-0.25, -0.2) is 8.42 Å². The van der Waals surface area contributed by atoms with Crippen molar-refractivity contribution in [3.8, 4) is 0 Å². The van der Waals surface area contributed by atoms with E-state index in [1.807, 2.05) is 60.4 Å². The molecule has 0 unspecified atom stereocenters. The van der Waals surface area contributed by atoms with Gasteiger partial charge in [-0.1, -0.05) is 42.5 Å². The van der Waals surface area contributed by atoms with E-state index >= 15 is 0 Å². The highest BCUT2D eigenvalue weighted by molar-refractivity contribution is 7.89. The molecular formula is C25H33N3O4S. The number of rotatable bonds is 5. The Morgan fingerprint density at radius 1 is 1.03 bits per heavy atom.